The Morgan fingerprint density at radius 3 is 2.80 bits per heavy atom. The lowest BCUT2D eigenvalue weighted by molar-refractivity contribution is 0.0930. The van der Waals surface area contributed by atoms with Gasteiger partial charge >= 0.3 is 0 Å². The van der Waals surface area contributed by atoms with Gasteiger partial charge in [-0.3, -0.25) is 4.79 Å². The predicted octanol–water partition coefficient (Wildman–Crippen LogP) is 1.62. The smallest absolute Gasteiger partial charge is 0.268 e. The molecule has 0 aromatic carbocycles. The largest absolute Gasteiger partial charge is 0.397 e. The molecule has 4 heteroatoms. The highest BCUT2D eigenvalue weighted by atomic mass is 16.2. The van der Waals surface area contributed by atoms with E-state index in [-0.39, 0.29) is 11.9 Å². The fraction of sp³-hybridized carbons (Fsp3) is 0.545. The van der Waals surface area contributed by atoms with Gasteiger partial charge in [-0.05, 0) is 26.3 Å². The van der Waals surface area contributed by atoms with Crippen molar-refractivity contribution >= 4 is 11.6 Å². The van der Waals surface area contributed by atoms with E-state index >= 15 is 0 Å². The van der Waals surface area contributed by atoms with Crippen molar-refractivity contribution in [1.82, 2.24) is 9.88 Å². The van der Waals surface area contributed by atoms with Gasteiger partial charge in [-0.2, -0.15) is 0 Å². The summed E-state index contributed by atoms with van der Waals surface area (Å²) >= 11 is 0. The molecule has 0 saturated heterocycles. The number of rotatable bonds is 4. The van der Waals surface area contributed by atoms with Crippen LogP contribution in [0.5, 0.6) is 0 Å². The van der Waals surface area contributed by atoms with Crippen LogP contribution in [0.3, 0.4) is 0 Å². The first-order chi connectivity index (χ1) is 7.08. The second-order valence-corrected chi connectivity index (χ2v) is 3.73. The van der Waals surface area contributed by atoms with Gasteiger partial charge in [-0.15, -0.1) is 0 Å². The first-order valence-electron chi connectivity index (χ1n) is 5.35. The van der Waals surface area contributed by atoms with Gasteiger partial charge in [0.05, 0.1) is 5.69 Å². The number of hydrogen-bond donors (Lipinski definition) is 2. The van der Waals surface area contributed by atoms with E-state index in [9.17, 15) is 4.79 Å². The molecule has 84 valence electrons. The molecule has 0 saturated carbocycles. The molecular weight excluding hydrogens is 190 g/mol. The van der Waals surface area contributed by atoms with Crippen LogP contribution in [0.1, 0.15) is 37.7 Å². The molecule has 0 aliphatic carbocycles. The summed E-state index contributed by atoms with van der Waals surface area (Å²) in [6.07, 6.45) is 2.71. The SMILES string of the molecule is CCC(C)NC(=O)c1cc(N)cn1CC. The summed E-state index contributed by atoms with van der Waals surface area (Å²) in [7, 11) is 0. The molecule has 0 aliphatic rings. The van der Waals surface area contributed by atoms with Gasteiger partial charge in [0.25, 0.3) is 5.91 Å². The maximum atomic E-state index is 11.8. The number of anilines is 1. The van der Waals surface area contributed by atoms with E-state index in [2.05, 4.69) is 5.32 Å². The summed E-state index contributed by atoms with van der Waals surface area (Å²) < 4.78 is 1.85. The third kappa shape index (κ3) is 2.75. The van der Waals surface area contributed by atoms with Gasteiger partial charge in [0.15, 0.2) is 0 Å². The lowest BCUT2D eigenvalue weighted by Crippen LogP contribution is -2.33. The molecule has 1 aromatic rings. The summed E-state index contributed by atoms with van der Waals surface area (Å²) in [5.74, 6) is -0.0529. The molecule has 0 bridgehead atoms. The quantitative estimate of drug-likeness (QED) is 0.791. The molecule has 1 atom stereocenters. The minimum absolute atomic E-state index is 0.0529. The van der Waals surface area contributed by atoms with Crippen LogP contribution in [-0.4, -0.2) is 16.5 Å². The Bertz CT molecular complexity index is 344. The number of nitrogens with two attached hydrogens (primary N) is 1. The Morgan fingerprint density at radius 1 is 1.60 bits per heavy atom. The van der Waals surface area contributed by atoms with Crippen molar-refractivity contribution in [1.29, 1.82) is 0 Å². The number of carbonyl (C=O) groups excluding carboxylic acids is 1. The second-order valence-electron chi connectivity index (χ2n) is 3.73. The van der Waals surface area contributed by atoms with Crippen LogP contribution in [0, 0.1) is 0 Å². The first-order valence-corrected chi connectivity index (χ1v) is 5.35. The number of hydrogen-bond acceptors (Lipinski definition) is 2. The van der Waals surface area contributed by atoms with Crippen molar-refractivity contribution in [3.05, 3.63) is 18.0 Å². The van der Waals surface area contributed by atoms with Gasteiger partial charge in [0.2, 0.25) is 0 Å². The monoisotopic (exact) mass is 209 g/mol. The Labute approximate surface area is 90.5 Å². The van der Waals surface area contributed by atoms with Crippen LogP contribution in [0.15, 0.2) is 12.3 Å². The zero-order chi connectivity index (χ0) is 11.4. The van der Waals surface area contributed by atoms with E-state index in [1.165, 1.54) is 0 Å². The molecule has 1 unspecified atom stereocenters. The molecule has 1 amide bonds. The van der Waals surface area contributed by atoms with Crippen LogP contribution in [0.2, 0.25) is 0 Å². The van der Waals surface area contributed by atoms with E-state index in [0.29, 0.717) is 11.4 Å². The van der Waals surface area contributed by atoms with Crippen molar-refractivity contribution < 1.29 is 4.79 Å². The number of amides is 1. The normalized spacial score (nSPS) is 12.5. The topological polar surface area (TPSA) is 60.1 Å². The van der Waals surface area contributed by atoms with Crippen LogP contribution in [0.25, 0.3) is 0 Å². The molecular formula is C11H19N3O. The fourth-order valence-electron chi connectivity index (χ4n) is 1.38. The van der Waals surface area contributed by atoms with E-state index in [0.717, 1.165) is 13.0 Å². The summed E-state index contributed by atoms with van der Waals surface area (Å²) in [6.45, 7) is 6.76. The maximum Gasteiger partial charge on any atom is 0.268 e. The van der Waals surface area contributed by atoms with Gasteiger partial charge < -0.3 is 15.6 Å². The highest BCUT2D eigenvalue weighted by Gasteiger charge is 2.13. The molecule has 1 heterocycles. The Hall–Kier alpha value is -1.45. The fourth-order valence-corrected chi connectivity index (χ4v) is 1.38. The molecule has 3 N–H and O–H groups in total. The zero-order valence-electron chi connectivity index (χ0n) is 9.58. The maximum absolute atomic E-state index is 11.8. The van der Waals surface area contributed by atoms with Crippen LogP contribution in [0.4, 0.5) is 5.69 Å². The van der Waals surface area contributed by atoms with Crippen molar-refractivity contribution in [3.8, 4) is 0 Å². The highest BCUT2D eigenvalue weighted by molar-refractivity contribution is 5.93. The highest BCUT2D eigenvalue weighted by Crippen LogP contribution is 2.10. The van der Waals surface area contributed by atoms with Gasteiger partial charge in [-0.1, -0.05) is 6.92 Å². The number of nitrogen functional groups attached to an aromatic ring is 1. The van der Waals surface area contributed by atoms with Crippen LogP contribution >= 0.6 is 0 Å². The molecule has 0 aliphatic heterocycles. The average molecular weight is 209 g/mol. The average Bonchev–Trinajstić information content (AvgIpc) is 2.59. The minimum Gasteiger partial charge on any atom is -0.397 e. The Kier molecular flexibility index (Phi) is 3.77. The molecule has 15 heavy (non-hydrogen) atoms. The zero-order valence-corrected chi connectivity index (χ0v) is 9.58. The van der Waals surface area contributed by atoms with E-state index < -0.39 is 0 Å². The number of aromatic nitrogens is 1. The minimum atomic E-state index is -0.0529. The van der Waals surface area contributed by atoms with E-state index in [1.807, 2.05) is 25.3 Å². The van der Waals surface area contributed by atoms with Crippen LogP contribution in [-0.2, 0) is 6.54 Å². The second kappa shape index (κ2) is 4.87. The summed E-state index contributed by atoms with van der Waals surface area (Å²) in [4.78, 5) is 11.8. The van der Waals surface area contributed by atoms with Crippen LogP contribution < -0.4 is 11.1 Å². The van der Waals surface area contributed by atoms with Crippen molar-refractivity contribution in [3.63, 3.8) is 0 Å². The van der Waals surface area contributed by atoms with Crippen molar-refractivity contribution in [2.45, 2.75) is 39.8 Å². The molecule has 0 fully saturated rings. The third-order valence-electron chi connectivity index (χ3n) is 2.48. The molecule has 1 rings (SSSR count). The first kappa shape index (κ1) is 11.6. The number of nitrogens with one attached hydrogen (secondary N) is 1. The van der Waals surface area contributed by atoms with Gasteiger partial charge in [0, 0.05) is 18.8 Å². The predicted molar refractivity (Wildman–Crippen MR) is 61.7 cm³/mol. The van der Waals surface area contributed by atoms with Crippen molar-refractivity contribution in [2.75, 3.05) is 5.73 Å². The molecule has 0 spiro atoms. The standard InChI is InChI=1S/C11H19N3O/c1-4-8(3)13-11(15)10-6-9(12)7-14(10)5-2/h6-8H,4-5,12H2,1-3H3,(H,13,15). The van der Waals surface area contributed by atoms with E-state index in [1.54, 1.807) is 12.3 Å². The molecule has 1 aromatic heterocycles. The van der Waals surface area contributed by atoms with Crippen molar-refractivity contribution in [2.24, 2.45) is 0 Å². The molecule has 0 radical (unpaired) electrons. The van der Waals surface area contributed by atoms with Gasteiger partial charge in [-0.25, -0.2) is 0 Å². The Balaban J connectivity index is 2.81. The lowest BCUT2D eigenvalue weighted by Gasteiger charge is -2.12. The number of nitrogens with zero attached hydrogens (tertiary/aromatic N) is 1. The molecule has 4 nitrogen and oxygen atoms in total. The number of aryl methyl sites for hydroxylation is 1. The summed E-state index contributed by atoms with van der Waals surface area (Å²) in [5, 5.41) is 2.92. The lowest BCUT2D eigenvalue weighted by atomic mass is 10.2. The Morgan fingerprint density at radius 2 is 2.27 bits per heavy atom. The summed E-state index contributed by atoms with van der Waals surface area (Å²) in [5.41, 5.74) is 6.92. The number of carbonyl (C=O) groups is 1. The third-order valence-corrected chi connectivity index (χ3v) is 2.48. The van der Waals surface area contributed by atoms with Gasteiger partial charge in [0.1, 0.15) is 5.69 Å². The summed E-state index contributed by atoms with van der Waals surface area (Å²) in [6, 6.07) is 1.90. The van der Waals surface area contributed by atoms with E-state index in [4.69, 9.17) is 5.73 Å².